The molecule has 124 valence electrons. The first-order valence-corrected chi connectivity index (χ1v) is 7.59. The molecular formula is C17H14FN7. The maximum absolute atomic E-state index is 13.5. The molecule has 0 aliphatic rings. The zero-order valence-electron chi connectivity index (χ0n) is 13.1. The van der Waals surface area contributed by atoms with Crippen LogP contribution in [0.3, 0.4) is 0 Å². The summed E-state index contributed by atoms with van der Waals surface area (Å²) in [5.74, 6) is 0.540. The zero-order valence-corrected chi connectivity index (χ0v) is 13.1. The number of rotatable bonds is 4. The Balaban J connectivity index is 1.68. The van der Waals surface area contributed by atoms with Crippen LogP contribution in [0.15, 0.2) is 55.2 Å². The van der Waals surface area contributed by atoms with Gasteiger partial charge >= 0.3 is 0 Å². The van der Waals surface area contributed by atoms with Crippen LogP contribution in [0.2, 0.25) is 0 Å². The van der Waals surface area contributed by atoms with E-state index in [0.717, 1.165) is 5.56 Å². The molecule has 3 N–H and O–H groups in total. The van der Waals surface area contributed by atoms with E-state index in [9.17, 15) is 4.39 Å². The third kappa shape index (κ3) is 2.97. The number of nitrogens with zero attached hydrogens (tertiary/aromatic N) is 5. The summed E-state index contributed by atoms with van der Waals surface area (Å²) in [6.45, 7) is 0.524. The smallest absolute Gasteiger partial charge is 0.180 e. The van der Waals surface area contributed by atoms with Crippen molar-refractivity contribution in [2.45, 2.75) is 6.54 Å². The molecule has 0 fully saturated rings. The van der Waals surface area contributed by atoms with Crippen LogP contribution in [0.4, 0.5) is 15.9 Å². The first kappa shape index (κ1) is 15.0. The minimum atomic E-state index is -0.364. The monoisotopic (exact) mass is 335 g/mol. The topological polar surface area (TPSA) is 94.0 Å². The van der Waals surface area contributed by atoms with Gasteiger partial charge in [-0.3, -0.25) is 9.38 Å². The molecule has 4 rings (SSSR count). The van der Waals surface area contributed by atoms with E-state index in [4.69, 9.17) is 5.73 Å². The molecule has 25 heavy (non-hydrogen) atoms. The van der Waals surface area contributed by atoms with E-state index in [2.05, 4.69) is 25.3 Å². The molecule has 8 heteroatoms. The van der Waals surface area contributed by atoms with Crippen LogP contribution in [0.25, 0.3) is 17.2 Å². The fourth-order valence-electron chi connectivity index (χ4n) is 2.46. The molecule has 4 heterocycles. The normalized spacial score (nSPS) is 10.9. The number of pyridine rings is 2. The van der Waals surface area contributed by atoms with Crippen molar-refractivity contribution >= 4 is 17.2 Å². The Morgan fingerprint density at radius 3 is 2.88 bits per heavy atom. The fourth-order valence-corrected chi connectivity index (χ4v) is 2.46. The number of hydrogen-bond donors (Lipinski definition) is 2. The SMILES string of the molecule is Nc1cnc(-c2cnc3ccc(F)cn23)nc1NCc1cccnc1. The molecular weight excluding hydrogens is 321 g/mol. The van der Waals surface area contributed by atoms with Crippen LogP contribution in [0.1, 0.15) is 5.56 Å². The summed E-state index contributed by atoms with van der Waals surface area (Å²) in [5, 5.41) is 3.17. The van der Waals surface area contributed by atoms with E-state index in [-0.39, 0.29) is 5.82 Å². The van der Waals surface area contributed by atoms with Gasteiger partial charge in [-0.05, 0) is 23.8 Å². The highest BCUT2D eigenvalue weighted by Crippen LogP contribution is 2.22. The Kier molecular flexibility index (Phi) is 3.70. The van der Waals surface area contributed by atoms with Gasteiger partial charge in [0.15, 0.2) is 11.6 Å². The lowest BCUT2D eigenvalue weighted by Gasteiger charge is -2.09. The van der Waals surface area contributed by atoms with E-state index in [1.54, 1.807) is 29.1 Å². The maximum atomic E-state index is 13.5. The first-order valence-electron chi connectivity index (χ1n) is 7.59. The van der Waals surface area contributed by atoms with Crippen molar-refractivity contribution in [1.29, 1.82) is 0 Å². The number of nitrogens with two attached hydrogens (primary N) is 1. The van der Waals surface area contributed by atoms with Crippen LogP contribution < -0.4 is 11.1 Å². The molecule has 0 bridgehead atoms. The highest BCUT2D eigenvalue weighted by atomic mass is 19.1. The second kappa shape index (κ2) is 6.16. The van der Waals surface area contributed by atoms with Gasteiger partial charge in [-0.1, -0.05) is 6.07 Å². The van der Waals surface area contributed by atoms with Crippen molar-refractivity contribution in [2.24, 2.45) is 0 Å². The molecule has 0 aliphatic carbocycles. The molecule has 0 radical (unpaired) electrons. The number of fused-ring (bicyclic) bond motifs is 1. The van der Waals surface area contributed by atoms with E-state index in [1.807, 2.05) is 12.1 Å². The molecule has 0 saturated heterocycles. The highest BCUT2D eigenvalue weighted by Gasteiger charge is 2.12. The van der Waals surface area contributed by atoms with Crippen molar-refractivity contribution in [3.63, 3.8) is 0 Å². The van der Waals surface area contributed by atoms with Gasteiger partial charge in [-0.25, -0.2) is 19.3 Å². The molecule has 4 aromatic rings. The minimum absolute atomic E-state index is 0.364. The quantitative estimate of drug-likeness (QED) is 0.595. The summed E-state index contributed by atoms with van der Waals surface area (Å²) < 4.78 is 15.1. The van der Waals surface area contributed by atoms with Gasteiger partial charge in [-0.2, -0.15) is 0 Å². The van der Waals surface area contributed by atoms with Crippen molar-refractivity contribution in [2.75, 3.05) is 11.1 Å². The highest BCUT2D eigenvalue weighted by molar-refractivity contribution is 5.65. The standard InChI is InChI=1S/C17H14FN7/c18-12-3-4-15-21-9-14(25(15)10-12)17-23-8-13(19)16(24-17)22-7-11-2-1-5-20-6-11/h1-6,8-10H,7,19H2,(H,22,23,24). The number of aromatic nitrogens is 5. The summed E-state index contributed by atoms with van der Waals surface area (Å²) in [6, 6.07) is 6.76. The predicted octanol–water partition coefficient (Wildman–Crippen LogP) is 2.52. The van der Waals surface area contributed by atoms with Gasteiger partial charge in [0, 0.05) is 25.1 Å². The van der Waals surface area contributed by atoms with Crippen LogP contribution in [-0.4, -0.2) is 24.3 Å². The Morgan fingerprint density at radius 2 is 2.04 bits per heavy atom. The van der Waals surface area contributed by atoms with Crippen molar-refractivity contribution in [3.8, 4) is 11.5 Å². The lowest BCUT2D eigenvalue weighted by molar-refractivity contribution is 0.619. The molecule has 0 aromatic carbocycles. The molecule has 7 nitrogen and oxygen atoms in total. The number of hydrogen-bond acceptors (Lipinski definition) is 6. The summed E-state index contributed by atoms with van der Waals surface area (Å²) in [7, 11) is 0. The van der Waals surface area contributed by atoms with Crippen molar-refractivity contribution in [3.05, 3.63) is 66.6 Å². The molecule has 0 atom stereocenters. The Hall–Kier alpha value is -3.55. The minimum Gasteiger partial charge on any atom is -0.394 e. The van der Waals surface area contributed by atoms with Gasteiger partial charge in [0.25, 0.3) is 0 Å². The second-order valence-corrected chi connectivity index (χ2v) is 5.43. The summed E-state index contributed by atoms with van der Waals surface area (Å²) in [5.41, 5.74) is 8.58. The molecule has 0 aliphatic heterocycles. The Bertz CT molecular complexity index is 1030. The van der Waals surface area contributed by atoms with Crippen LogP contribution >= 0.6 is 0 Å². The average Bonchev–Trinajstić information content (AvgIpc) is 3.05. The van der Waals surface area contributed by atoms with E-state index < -0.39 is 0 Å². The largest absolute Gasteiger partial charge is 0.394 e. The van der Waals surface area contributed by atoms with Gasteiger partial charge in [-0.15, -0.1) is 0 Å². The second-order valence-electron chi connectivity index (χ2n) is 5.43. The number of nitrogens with one attached hydrogen (secondary N) is 1. The maximum Gasteiger partial charge on any atom is 0.180 e. The number of anilines is 2. The van der Waals surface area contributed by atoms with Crippen LogP contribution in [0.5, 0.6) is 0 Å². The van der Waals surface area contributed by atoms with Gasteiger partial charge in [0.05, 0.1) is 18.1 Å². The zero-order chi connectivity index (χ0) is 17.2. The third-order valence-electron chi connectivity index (χ3n) is 3.70. The van der Waals surface area contributed by atoms with Crippen molar-refractivity contribution < 1.29 is 4.39 Å². The molecule has 4 aromatic heterocycles. The van der Waals surface area contributed by atoms with Crippen LogP contribution in [0, 0.1) is 5.82 Å². The predicted molar refractivity (Wildman–Crippen MR) is 92.2 cm³/mol. The summed E-state index contributed by atoms with van der Waals surface area (Å²) in [6.07, 6.45) is 7.95. The fraction of sp³-hybridized carbons (Fsp3) is 0.0588. The van der Waals surface area contributed by atoms with E-state index in [0.29, 0.717) is 35.2 Å². The Labute approximate surface area is 142 Å². The Morgan fingerprint density at radius 1 is 1.12 bits per heavy atom. The van der Waals surface area contributed by atoms with E-state index >= 15 is 0 Å². The van der Waals surface area contributed by atoms with E-state index in [1.165, 1.54) is 18.5 Å². The number of halogens is 1. The average molecular weight is 335 g/mol. The summed E-state index contributed by atoms with van der Waals surface area (Å²) >= 11 is 0. The van der Waals surface area contributed by atoms with Gasteiger partial charge in [0.1, 0.15) is 17.2 Å². The number of nitrogen functional groups attached to an aromatic ring is 1. The molecule has 0 unspecified atom stereocenters. The van der Waals surface area contributed by atoms with Gasteiger partial charge in [0.2, 0.25) is 0 Å². The molecule has 0 amide bonds. The van der Waals surface area contributed by atoms with Crippen LogP contribution in [-0.2, 0) is 6.54 Å². The third-order valence-corrected chi connectivity index (χ3v) is 3.70. The first-order chi connectivity index (χ1) is 12.2. The van der Waals surface area contributed by atoms with Gasteiger partial charge < -0.3 is 11.1 Å². The van der Waals surface area contributed by atoms with Crippen molar-refractivity contribution in [1.82, 2.24) is 24.3 Å². The lowest BCUT2D eigenvalue weighted by atomic mass is 10.3. The molecule has 0 saturated carbocycles. The molecule has 0 spiro atoms. The lowest BCUT2D eigenvalue weighted by Crippen LogP contribution is -2.07. The number of imidazole rings is 1. The summed E-state index contributed by atoms with van der Waals surface area (Å²) in [4.78, 5) is 17.0.